The summed E-state index contributed by atoms with van der Waals surface area (Å²) in [5, 5.41) is 0. The number of nitrogens with zero attached hydrogens (tertiary/aromatic N) is 1. The fraction of sp³-hybridized carbons (Fsp3) is 0.500. The van der Waals surface area contributed by atoms with E-state index in [4.69, 9.17) is 9.73 Å². The van der Waals surface area contributed by atoms with E-state index in [2.05, 4.69) is 15.9 Å². The summed E-state index contributed by atoms with van der Waals surface area (Å²) in [5.41, 5.74) is 0.868. The summed E-state index contributed by atoms with van der Waals surface area (Å²) < 4.78 is 6.44. The molecule has 24 heavy (non-hydrogen) atoms. The molecule has 0 N–H and O–H groups in total. The van der Waals surface area contributed by atoms with Crippen molar-refractivity contribution in [1.29, 1.82) is 0 Å². The van der Waals surface area contributed by atoms with Crippen molar-refractivity contribution in [2.45, 2.75) is 44.1 Å². The van der Waals surface area contributed by atoms with Crippen LogP contribution in [-0.2, 0) is 9.53 Å². The van der Waals surface area contributed by atoms with Crippen molar-refractivity contribution in [2.75, 3.05) is 0 Å². The highest BCUT2D eigenvalue weighted by Gasteiger charge is 2.52. The van der Waals surface area contributed by atoms with E-state index < -0.39 is 0 Å². The smallest absolute Gasteiger partial charge is 0.265 e. The Balaban J connectivity index is 1.47. The van der Waals surface area contributed by atoms with E-state index in [9.17, 15) is 4.79 Å². The fourth-order valence-corrected chi connectivity index (χ4v) is 6.13. The summed E-state index contributed by atoms with van der Waals surface area (Å²) in [5.74, 6) is 3.21. The minimum Gasteiger partial charge on any atom is -0.434 e. The lowest BCUT2D eigenvalue weighted by atomic mass is 9.53. The first-order chi connectivity index (χ1) is 11.6. The summed E-state index contributed by atoms with van der Waals surface area (Å²) in [4.78, 5) is 17.6. The van der Waals surface area contributed by atoms with Gasteiger partial charge in [0.2, 0.25) is 0 Å². The number of carbonyl (C=O) groups excluding carboxylic acids is 1. The summed E-state index contributed by atoms with van der Waals surface area (Å²) in [7, 11) is 0. The molecule has 0 aromatic heterocycles. The van der Waals surface area contributed by atoms with Crippen LogP contribution in [-0.4, -0.2) is 17.2 Å². The van der Waals surface area contributed by atoms with E-state index in [1.807, 2.05) is 30.3 Å². The first-order valence-corrected chi connectivity index (χ1v) is 9.69. The molecule has 6 rings (SSSR count). The average molecular weight is 386 g/mol. The first kappa shape index (κ1) is 14.9. The van der Waals surface area contributed by atoms with Gasteiger partial charge in [0, 0.05) is 5.56 Å². The first-order valence-electron chi connectivity index (χ1n) is 8.89. The van der Waals surface area contributed by atoms with Crippen LogP contribution in [0.4, 0.5) is 0 Å². The van der Waals surface area contributed by atoms with Crippen LogP contribution in [0, 0.1) is 17.8 Å². The molecule has 1 aromatic rings. The third-order valence-corrected chi connectivity index (χ3v) is 6.89. The highest BCUT2D eigenvalue weighted by molar-refractivity contribution is 9.12. The zero-order valence-electron chi connectivity index (χ0n) is 13.5. The molecule has 5 aliphatic rings. The van der Waals surface area contributed by atoms with Gasteiger partial charge in [-0.15, -0.1) is 0 Å². The van der Waals surface area contributed by atoms with Crippen molar-refractivity contribution in [3.63, 3.8) is 0 Å². The monoisotopic (exact) mass is 385 g/mol. The number of rotatable bonds is 2. The van der Waals surface area contributed by atoms with Crippen LogP contribution in [0.3, 0.4) is 0 Å². The van der Waals surface area contributed by atoms with Crippen molar-refractivity contribution in [3.05, 3.63) is 40.4 Å². The molecule has 124 valence electrons. The highest BCUT2D eigenvalue weighted by Crippen LogP contribution is 2.57. The van der Waals surface area contributed by atoms with Gasteiger partial charge < -0.3 is 4.74 Å². The average Bonchev–Trinajstić information content (AvgIpc) is 2.82. The van der Waals surface area contributed by atoms with E-state index in [-0.39, 0.29) is 11.3 Å². The molecule has 0 saturated heterocycles. The minimum atomic E-state index is -0.107. The van der Waals surface area contributed by atoms with Gasteiger partial charge in [-0.05, 0) is 72.2 Å². The van der Waals surface area contributed by atoms with E-state index in [0.717, 1.165) is 42.6 Å². The molecule has 0 unspecified atom stereocenters. The Labute approximate surface area is 150 Å². The van der Waals surface area contributed by atoms with E-state index in [1.54, 1.807) is 0 Å². The van der Waals surface area contributed by atoms with Crippen LogP contribution in [0.25, 0.3) is 5.76 Å². The Morgan fingerprint density at radius 2 is 1.58 bits per heavy atom. The molecule has 1 aromatic carbocycles. The van der Waals surface area contributed by atoms with Crippen molar-refractivity contribution in [3.8, 4) is 0 Å². The lowest BCUT2D eigenvalue weighted by Gasteiger charge is -2.54. The quantitative estimate of drug-likeness (QED) is 0.738. The topological polar surface area (TPSA) is 38.7 Å². The summed E-state index contributed by atoms with van der Waals surface area (Å²) in [6, 6.07) is 9.77. The van der Waals surface area contributed by atoms with Crippen molar-refractivity contribution < 1.29 is 9.53 Å². The largest absolute Gasteiger partial charge is 0.434 e. The second-order valence-electron chi connectivity index (χ2n) is 8.00. The van der Waals surface area contributed by atoms with Crippen LogP contribution in [0.1, 0.15) is 44.1 Å². The summed E-state index contributed by atoms with van der Waals surface area (Å²) in [6.07, 6.45) is 7.52. The third kappa shape index (κ3) is 2.30. The molecule has 4 heteroatoms. The third-order valence-electron chi connectivity index (χ3n) is 6.17. The van der Waals surface area contributed by atoms with Gasteiger partial charge in [0.25, 0.3) is 11.7 Å². The molecule has 4 aliphatic carbocycles. The molecule has 1 heterocycles. The molecule has 4 fully saturated rings. The van der Waals surface area contributed by atoms with Gasteiger partial charge >= 0.3 is 0 Å². The maximum Gasteiger partial charge on any atom is 0.265 e. The molecule has 4 bridgehead atoms. The molecule has 0 radical (unpaired) electrons. The van der Waals surface area contributed by atoms with Gasteiger partial charge in [0.15, 0.2) is 5.76 Å². The standard InChI is InChI=1S/C20H20BrNO2/c21-16-17(23)19(24-18(16)15-4-2-1-3-5-15)22-20-9-12-6-13(10-20)8-14(7-12)11-20/h1-5,12-14H,6-11H2. The molecule has 4 saturated carbocycles. The minimum absolute atomic E-state index is 0.0425. The lowest BCUT2D eigenvalue weighted by molar-refractivity contribution is -0.109. The Morgan fingerprint density at radius 1 is 1.00 bits per heavy atom. The molecule has 3 nitrogen and oxygen atoms in total. The van der Waals surface area contributed by atoms with Gasteiger partial charge in [0.05, 0.1) is 5.54 Å². The number of aliphatic imine (C=N–C) groups is 1. The Morgan fingerprint density at radius 3 is 2.17 bits per heavy atom. The fourth-order valence-electron chi connectivity index (χ4n) is 5.65. The summed E-state index contributed by atoms with van der Waals surface area (Å²) >= 11 is 3.42. The second-order valence-corrected chi connectivity index (χ2v) is 8.79. The number of ketones is 1. The maximum absolute atomic E-state index is 12.7. The van der Waals surface area contributed by atoms with E-state index in [1.165, 1.54) is 19.3 Å². The zero-order chi connectivity index (χ0) is 16.3. The van der Waals surface area contributed by atoms with E-state index >= 15 is 0 Å². The van der Waals surface area contributed by atoms with Crippen LogP contribution < -0.4 is 0 Å². The van der Waals surface area contributed by atoms with Crippen LogP contribution in [0.5, 0.6) is 0 Å². The maximum atomic E-state index is 12.7. The van der Waals surface area contributed by atoms with E-state index in [0.29, 0.717) is 16.1 Å². The number of Topliss-reactive ketones (excluding diaryl/α,β-unsaturated/α-hetero) is 1. The van der Waals surface area contributed by atoms with Crippen molar-refractivity contribution >= 4 is 33.4 Å². The van der Waals surface area contributed by atoms with Gasteiger partial charge in [-0.2, -0.15) is 0 Å². The molecule has 0 spiro atoms. The number of benzene rings is 1. The number of halogens is 1. The van der Waals surface area contributed by atoms with Gasteiger partial charge in [-0.25, -0.2) is 4.99 Å². The SMILES string of the molecule is O=C1C(=NC23CC4CC(CC(C4)C2)C3)OC(c2ccccc2)=C1Br. The summed E-state index contributed by atoms with van der Waals surface area (Å²) in [6.45, 7) is 0. The number of carbonyl (C=O) groups is 1. The Bertz CT molecular complexity index is 730. The molecular weight excluding hydrogens is 366 g/mol. The number of hydrogen-bond donors (Lipinski definition) is 0. The van der Waals surface area contributed by atoms with Crippen LogP contribution >= 0.6 is 15.9 Å². The predicted molar refractivity (Wildman–Crippen MR) is 96.7 cm³/mol. The number of hydrogen-bond acceptors (Lipinski definition) is 3. The molecule has 0 atom stereocenters. The Kier molecular flexibility index (Phi) is 3.28. The molecule has 1 aliphatic heterocycles. The highest BCUT2D eigenvalue weighted by atomic mass is 79.9. The van der Waals surface area contributed by atoms with Crippen LogP contribution in [0.15, 0.2) is 39.8 Å². The molecular formula is C20H20BrNO2. The van der Waals surface area contributed by atoms with Crippen LogP contribution in [0.2, 0.25) is 0 Å². The second kappa shape index (κ2) is 5.29. The zero-order valence-corrected chi connectivity index (χ0v) is 15.1. The predicted octanol–water partition coefficient (Wildman–Crippen LogP) is 4.72. The lowest BCUT2D eigenvalue weighted by Crippen LogP contribution is -2.50. The van der Waals surface area contributed by atoms with Crippen molar-refractivity contribution in [2.24, 2.45) is 22.7 Å². The molecule has 0 amide bonds. The van der Waals surface area contributed by atoms with Gasteiger partial charge in [0.1, 0.15) is 4.48 Å². The Hall–Kier alpha value is -1.42. The normalized spacial score (nSPS) is 39.0. The van der Waals surface area contributed by atoms with Crippen molar-refractivity contribution in [1.82, 2.24) is 0 Å². The van der Waals surface area contributed by atoms with Gasteiger partial charge in [-0.1, -0.05) is 30.3 Å². The number of ether oxygens (including phenoxy) is 1. The van der Waals surface area contributed by atoms with Gasteiger partial charge in [-0.3, -0.25) is 4.79 Å².